The highest BCUT2D eigenvalue weighted by molar-refractivity contribution is 7.15. The van der Waals surface area contributed by atoms with Crippen molar-refractivity contribution in [3.05, 3.63) is 15.6 Å². The van der Waals surface area contributed by atoms with Gasteiger partial charge >= 0.3 is 5.97 Å². The van der Waals surface area contributed by atoms with Gasteiger partial charge < -0.3 is 5.11 Å². The van der Waals surface area contributed by atoms with Gasteiger partial charge in [0, 0.05) is 5.41 Å². The normalized spacial score (nSPS) is 17.5. The molecule has 1 heterocycles. The maximum absolute atomic E-state index is 11.9. The molecule has 0 radical (unpaired) electrons. The van der Waals surface area contributed by atoms with Crippen LogP contribution in [0.3, 0.4) is 0 Å². The summed E-state index contributed by atoms with van der Waals surface area (Å²) in [6.45, 7) is 3.51. The van der Waals surface area contributed by atoms with Crippen molar-refractivity contribution in [2.45, 2.75) is 26.7 Å². The van der Waals surface area contributed by atoms with Crippen molar-refractivity contribution >= 4 is 23.1 Å². The number of thiazole rings is 1. The van der Waals surface area contributed by atoms with Gasteiger partial charge in [-0.25, -0.2) is 9.78 Å². The first-order valence-corrected chi connectivity index (χ1v) is 5.51. The monoisotopic (exact) mass is 225 g/mol. The lowest BCUT2D eigenvalue weighted by Crippen LogP contribution is -2.11. The predicted octanol–water partition coefficient (Wildman–Crippen LogP) is 2.13. The fraction of sp³-hybridized carbons (Fsp3) is 0.500. The lowest BCUT2D eigenvalue weighted by atomic mass is 10.1. The highest BCUT2D eigenvalue weighted by Gasteiger charge is 2.46. The van der Waals surface area contributed by atoms with Crippen LogP contribution in [-0.2, 0) is 0 Å². The quantitative estimate of drug-likeness (QED) is 0.800. The molecule has 5 heteroatoms. The van der Waals surface area contributed by atoms with Crippen molar-refractivity contribution in [1.82, 2.24) is 4.98 Å². The van der Waals surface area contributed by atoms with Gasteiger partial charge in [-0.1, -0.05) is 6.92 Å². The topological polar surface area (TPSA) is 67.3 Å². The molecule has 1 aromatic rings. The van der Waals surface area contributed by atoms with E-state index in [1.165, 1.54) is 0 Å². The Balaban J connectivity index is 2.34. The molecule has 0 amide bonds. The number of aryl methyl sites for hydroxylation is 1. The summed E-state index contributed by atoms with van der Waals surface area (Å²) in [5.41, 5.74) is 0.153. The molecule has 0 aromatic carbocycles. The lowest BCUT2D eigenvalue weighted by molar-refractivity contribution is 0.0701. The molecule has 1 aliphatic rings. The van der Waals surface area contributed by atoms with Crippen LogP contribution in [0.1, 0.15) is 44.9 Å². The molecule has 0 unspecified atom stereocenters. The fourth-order valence-electron chi connectivity index (χ4n) is 1.36. The summed E-state index contributed by atoms with van der Waals surface area (Å²) in [6, 6.07) is 0. The van der Waals surface area contributed by atoms with Crippen molar-refractivity contribution in [2.75, 3.05) is 0 Å². The molecular weight excluding hydrogens is 214 g/mol. The summed E-state index contributed by atoms with van der Waals surface area (Å²) in [5, 5.41) is 9.18. The van der Waals surface area contributed by atoms with Crippen LogP contribution in [0.5, 0.6) is 0 Å². The Morgan fingerprint density at radius 1 is 1.47 bits per heavy atom. The number of aromatic carboxylic acids is 1. The Kier molecular flexibility index (Phi) is 2.15. The number of ketones is 1. The summed E-state index contributed by atoms with van der Waals surface area (Å²) in [6.07, 6.45) is 1.76. The van der Waals surface area contributed by atoms with Crippen LogP contribution in [0, 0.1) is 12.3 Å². The number of nitrogens with zero attached hydrogens (tertiary/aromatic N) is 1. The second-order valence-electron chi connectivity index (χ2n) is 4.13. The molecule has 0 spiro atoms. The zero-order valence-corrected chi connectivity index (χ0v) is 9.35. The molecule has 1 aliphatic carbocycles. The molecule has 1 N–H and O–H groups in total. The second kappa shape index (κ2) is 3.13. The molecule has 80 valence electrons. The molecule has 2 rings (SSSR count). The average molecular weight is 225 g/mol. The van der Waals surface area contributed by atoms with E-state index in [4.69, 9.17) is 5.11 Å². The van der Waals surface area contributed by atoms with Gasteiger partial charge in [-0.05, 0) is 19.8 Å². The molecule has 0 bridgehead atoms. The number of carbonyl (C=O) groups is 2. The van der Waals surface area contributed by atoms with Gasteiger partial charge in [-0.3, -0.25) is 4.79 Å². The standard InChI is InChI=1S/C10H11NO3S/c1-5-6(9(13)14)15-8(11-5)7(12)10(2)3-4-10/h3-4H2,1-2H3,(H,13,14). The Morgan fingerprint density at radius 2 is 2.07 bits per heavy atom. The molecule has 0 saturated heterocycles. The number of aromatic nitrogens is 1. The summed E-state index contributed by atoms with van der Waals surface area (Å²) in [7, 11) is 0. The van der Waals surface area contributed by atoms with Crippen LogP contribution < -0.4 is 0 Å². The largest absolute Gasteiger partial charge is 0.477 e. The summed E-state index contributed by atoms with van der Waals surface area (Å²) >= 11 is 0.982. The first-order valence-electron chi connectivity index (χ1n) is 4.69. The summed E-state index contributed by atoms with van der Waals surface area (Å²) in [4.78, 5) is 26.8. The zero-order chi connectivity index (χ0) is 11.2. The van der Waals surface area contributed by atoms with E-state index >= 15 is 0 Å². The second-order valence-corrected chi connectivity index (χ2v) is 5.13. The third-order valence-corrected chi connectivity index (χ3v) is 3.88. The maximum atomic E-state index is 11.9. The molecule has 1 fully saturated rings. The van der Waals surface area contributed by atoms with E-state index < -0.39 is 5.97 Å². The smallest absolute Gasteiger partial charge is 0.347 e. The van der Waals surface area contributed by atoms with E-state index in [1.54, 1.807) is 6.92 Å². The van der Waals surface area contributed by atoms with Crippen molar-refractivity contribution < 1.29 is 14.7 Å². The van der Waals surface area contributed by atoms with Crippen LogP contribution >= 0.6 is 11.3 Å². The van der Waals surface area contributed by atoms with Crippen molar-refractivity contribution in [2.24, 2.45) is 5.41 Å². The Hall–Kier alpha value is -1.23. The Labute approximate surface area is 91.0 Å². The number of carboxylic acids is 1. The van der Waals surface area contributed by atoms with Crippen molar-refractivity contribution in [3.8, 4) is 0 Å². The third-order valence-electron chi connectivity index (χ3n) is 2.73. The Bertz CT molecular complexity index is 446. The molecule has 1 aromatic heterocycles. The van der Waals surface area contributed by atoms with Crippen molar-refractivity contribution in [3.63, 3.8) is 0 Å². The van der Waals surface area contributed by atoms with Crippen LogP contribution in [0.4, 0.5) is 0 Å². The zero-order valence-electron chi connectivity index (χ0n) is 8.53. The first kappa shape index (κ1) is 10.3. The van der Waals surface area contributed by atoms with Gasteiger partial charge in [0.05, 0.1) is 5.69 Å². The van der Waals surface area contributed by atoms with Gasteiger partial charge in [0.25, 0.3) is 0 Å². The number of rotatable bonds is 3. The van der Waals surface area contributed by atoms with E-state index in [1.807, 2.05) is 6.92 Å². The Morgan fingerprint density at radius 3 is 2.47 bits per heavy atom. The maximum Gasteiger partial charge on any atom is 0.347 e. The van der Waals surface area contributed by atoms with E-state index in [9.17, 15) is 9.59 Å². The first-order chi connectivity index (χ1) is 6.94. The van der Waals surface area contributed by atoms with Gasteiger partial charge in [0.1, 0.15) is 4.88 Å². The van der Waals surface area contributed by atoms with Crippen LogP contribution in [0.2, 0.25) is 0 Å². The van der Waals surface area contributed by atoms with Gasteiger partial charge in [-0.15, -0.1) is 11.3 Å². The summed E-state index contributed by atoms with van der Waals surface area (Å²) in [5.74, 6) is -1.02. The van der Waals surface area contributed by atoms with E-state index in [0.29, 0.717) is 10.7 Å². The SMILES string of the molecule is Cc1nc(C(=O)C2(C)CC2)sc1C(=O)O. The van der Waals surface area contributed by atoms with E-state index in [-0.39, 0.29) is 16.1 Å². The summed E-state index contributed by atoms with van der Waals surface area (Å²) < 4.78 is 0. The minimum absolute atomic E-state index is 0.0110. The molecule has 15 heavy (non-hydrogen) atoms. The average Bonchev–Trinajstić information content (AvgIpc) is 2.77. The van der Waals surface area contributed by atoms with Crippen LogP contribution in [0.15, 0.2) is 0 Å². The molecule has 1 saturated carbocycles. The number of hydrogen-bond donors (Lipinski definition) is 1. The minimum atomic E-state index is -1.01. The third kappa shape index (κ3) is 1.67. The lowest BCUT2D eigenvalue weighted by Gasteiger charge is -2.01. The molecule has 0 atom stereocenters. The van der Waals surface area contributed by atoms with Crippen LogP contribution in [0.25, 0.3) is 0 Å². The van der Waals surface area contributed by atoms with Gasteiger partial charge in [-0.2, -0.15) is 0 Å². The number of hydrogen-bond acceptors (Lipinski definition) is 4. The number of carbonyl (C=O) groups excluding carboxylic acids is 1. The minimum Gasteiger partial charge on any atom is -0.477 e. The van der Waals surface area contributed by atoms with E-state index in [2.05, 4.69) is 4.98 Å². The van der Waals surface area contributed by atoms with Gasteiger partial charge in [0.2, 0.25) is 0 Å². The highest BCUT2D eigenvalue weighted by atomic mass is 32.1. The highest BCUT2D eigenvalue weighted by Crippen LogP contribution is 2.48. The number of Topliss-reactive ketones (excluding diaryl/α,β-unsaturated/α-hetero) is 1. The van der Waals surface area contributed by atoms with Gasteiger partial charge in [0.15, 0.2) is 10.8 Å². The van der Waals surface area contributed by atoms with E-state index in [0.717, 1.165) is 24.2 Å². The molecular formula is C10H11NO3S. The molecule has 0 aliphatic heterocycles. The van der Waals surface area contributed by atoms with Crippen LogP contribution in [-0.4, -0.2) is 21.8 Å². The fourth-order valence-corrected chi connectivity index (χ4v) is 2.36. The number of carboxylic acid groups (broad SMARTS) is 1. The molecule has 4 nitrogen and oxygen atoms in total. The predicted molar refractivity (Wildman–Crippen MR) is 55.5 cm³/mol. The van der Waals surface area contributed by atoms with Crippen molar-refractivity contribution in [1.29, 1.82) is 0 Å².